The van der Waals surface area contributed by atoms with E-state index in [-0.39, 0.29) is 12.4 Å². The van der Waals surface area contributed by atoms with Crippen LogP contribution in [0.4, 0.5) is 0 Å². The van der Waals surface area contributed by atoms with Gasteiger partial charge in [0.25, 0.3) is 0 Å². The first-order valence-corrected chi connectivity index (χ1v) is 7.04. The fraction of sp³-hybridized carbons (Fsp3) is 0.438. The highest BCUT2D eigenvalue weighted by molar-refractivity contribution is 5.85. The third-order valence-electron chi connectivity index (χ3n) is 4.01. The molecule has 0 bridgehead atoms. The molecule has 1 unspecified atom stereocenters. The van der Waals surface area contributed by atoms with Crippen molar-refractivity contribution in [3.63, 3.8) is 0 Å². The van der Waals surface area contributed by atoms with Crippen LogP contribution in [0.1, 0.15) is 41.3 Å². The number of aromatic nitrogens is 2. The quantitative estimate of drug-likeness (QED) is 0.940. The van der Waals surface area contributed by atoms with Crippen molar-refractivity contribution >= 4 is 12.4 Å². The summed E-state index contributed by atoms with van der Waals surface area (Å²) in [5.41, 5.74) is 5.47. The molecule has 1 aliphatic carbocycles. The van der Waals surface area contributed by atoms with Crippen LogP contribution >= 0.6 is 12.4 Å². The normalized spacial score (nSPS) is 17.4. The number of hydrogen-bond donors (Lipinski definition) is 1. The SMILES string of the molecule is Cc1cccc(CNC2CCCc3c2cnn3C)c1.Cl. The van der Waals surface area contributed by atoms with Crippen molar-refractivity contribution in [3.8, 4) is 0 Å². The molecule has 2 aromatic rings. The van der Waals surface area contributed by atoms with Gasteiger partial charge in [-0.1, -0.05) is 29.8 Å². The highest BCUT2D eigenvalue weighted by Crippen LogP contribution is 2.29. The predicted octanol–water partition coefficient (Wildman–Crippen LogP) is 3.32. The fourth-order valence-corrected chi connectivity index (χ4v) is 2.98. The standard InChI is InChI=1S/C16H21N3.ClH/c1-12-5-3-6-13(9-12)10-17-15-7-4-8-16-14(15)11-18-19(16)2;/h3,5-6,9,11,15,17H,4,7-8,10H2,1-2H3;1H. The Labute approximate surface area is 126 Å². The van der Waals surface area contributed by atoms with Crippen LogP contribution in [0.15, 0.2) is 30.5 Å². The molecule has 0 saturated carbocycles. The zero-order chi connectivity index (χ0) is 13.2. The summed E-state index contributed by atoms with van der Waals surface area (Å²) in [6, 6.07) is 9.16. The van der Waals surface area contributed by atoms with E-state index in [1.165, 1.54) is 35.2 Å². The first kappa shape index (κ1) is 15.1. The van der Waals surface area contributed by atoms with E-state index in [1.54, 1.807) is 0 Å². The van der Waals surface area contributed by atoms with Gasteiger partial charge in [-0.3, -0.25) is 4.68 Å². The van der Waals surface area contributed by atoms with Crippen LogP contribution in [0.2, 0.25) is 0 Å². The van der Waals surface area contributed by atoms with Crippen LogP contribution in [0, 0.1) is 6.92 Å². The van der Waals surface area contributed by atoms with Gasteiger partial charge in [-0.15, -0.1) is 12.4 Å². The maximum absolute atomic E-state index is 4.39. The molecule has 0 aliphatic heterocycles. The molecule has 1 atom stereocenters. The molecule has 1 N–H and O–H groups in total. The van der Waals surface area contributed by atoms with E-state index in [0.717, 1.165) is 13.0 Å². The number of fused-ring (bicyclic) bond motifs is 1. The van der Waals surface area contributed by atoms with Crippen molar-refractivity contribution in [1.29, 1.82) is 0 Å². The Hall–Kier alpha value is -1.32. The van der Waals surface area contributed by atoms with Gasteiger partial charge in [0, 0.05) is 30.9 Å². The zero-order valence-corrected chi connectivity index (χ0v) is 12.9. The second-order valence-electron chi connectivity index (χ2n) is 5.48. The number of rotatable bonds is 3. The maximum Gasteiger partial charge on any atom is 0.0540 e. The second-order valence-corrected chi connectivity index (χ2v) is 5.48. The fourth-order valence-electron chi connectivity index (χ4n) is 2.98. The van der Waals surface area contributed by atoms with Crippen LogP contribution in [0.3, 0.4) is 0 Å². The molecule has 1 aliphatic rings. The molecule has 0 amide bonds. The maximum atomic E-state index is 4.39. The molecule has 1 aromatic carbocycles. The van der Waals surface area contributed by atoms with Gasteiger partial charge in [-0.2, -0.15) is 5.10 Å². The van der Waals surface area contributed by atoms with Gasteiger partial charge in [-0.25, -0.2) is 0 Å². The molecule has 1 aromatic heterocycles. The van der Waals surface area contributed by atoms with E-state index in [4.69, 9.17) is 0 Å². The van der Waals surface area contributed by atoms with E-state index >= 15 is 0 Å². The predicted molar refractivity (Wildman–Crippen MR) is 84.2 cm³/mol. The van der Waals surface area contributed by atoms with Gasteiger partial charge in [0.2, 0.25) is 0 Å². The molecule has 3 rings (SSSR count). The topological polar surface area (TPSA) is 29.9 Å². The van der Waals surface area contributed by atoms with Gasteiger partial charge in [0.15, 0.2) is 0 Å². The Kier molecular flexibility index (Phi) is 4.84. The van der Waals surface area contributed by atoms with Crippen LogP contribution in [-0.2, 0) is 20.0 Å². The van der Waals surface area contributed by atoms with Crippen LogP contribution in [0.25, 0.3) is 0 Å². The lowest BCUT2D eigenvalue weighted by molar-refractivity contribution is 0.452. The van der Waals surface area contributed by atoms with Crippen molar-refractivity contribution < 1.29 is 0 Å². The van der Waals surface area contributed by atoms with Gasteiger partial charge in [-0.05, 0) is 31.7 Å². The molecular formula is C16H22ClN3. The molecule has 3 nitrogen and oxygen atoms in total. The summed E-state index contributed by atoms with van der Waals surface area (Å²) in [4.78, 5) is 0. The summed E-state index contributed by atoms with van der Waals surface area (Å²) >= 11 is 0. The highest BCUT2D eigenvalue weighted by atomic mass is 35.5. The summed E-state index contributed by atoms with van der Waals surface area (Å²) in [6.45, 7) is 3.07. The van der Waals surface area contributed by atoms with Crippen molar-refractivity contribution in [2.45, 2.75) is 38.8 Å². The first-order valence-electron chi connectivity index (χ1n) is 7.04. The molecule has 108 valence electrons. The monoisotopic (exact) mass is 291 g/mol. The Morgan fingerprint density at radius 2 is 2.25 bits per heavy atom. The van der Waals surface area contributed by atoms with Gasteiger partial charge >= 0.3 is 0 Å². The summed E-state index contributed by atoms with van der Waals surface area (Å²) in [7, 11) is 2.04. The second kappa shape index (κ2) is 6.42. The van der Waals surface area contributed by atoms with Crippen molar-refractivity contribution in [2.75, 3.05) is 0 Å². The van der Waals surface area contributed by atoms with E-state index in [1.807, 2.05) is 17.9 Å². The van der Waals surface area contributed by atoms with Crippen molar-refractivity contribution in [2.24, 2.45) is 7.05 Å². The number of benzene rings is 1. The minimum absolute atomic E-state index is 0. The molecule has 0 saturated heterocycles. The summed E-state index contributed by atoms with van der Waals surface area (Å²) in [6.07, 6.45) is 5.65. The largest absolute Gasteiger partial charge is 0.306 e. The minimum Gasteiger partial charge on any atom is -0.306 e. The minimum atomic E-state index is 0. The third kappa shape index (κ3) is 3.05. The van der Waals surface area contributed by atoms with Gasteiger partial charge in [0.1, 0.15) is 0 Å². The third-order valence-corrected chi connectivity index (χ3v) is 4.01. The molecular weight excluding hydrogens is 270 g/mol. The van der Waals surface area contributed by atoms with Gasteiger partial charge in [0.05, 0.1) is 6.20 Å². The molecule has 20 heavy (non-hydrogen) atoms. The zero-order valence-electron chi connectivity index (χ0n) is 12.1. The van der Waals surface area contributed by atoms with Crippen LogP contribution in [0.5, 0.6) is 0 Å². The number of nitrogens with zero attached hydrogens (tertiary/aromatic N) is 2. The number of aryl methyl sites for hydroxylation is 2. The molecule has 1 heterocycles. The van der Waals surface area contributed by atoms with Crippen molar-refractivity contribution in [3.05, 3.63) is 52.8 Å². The number of halogens is 1. The van der Waals surface area contributed by atoms with Gasteiger partial charge < -0.3 is 5.32 Å². The van der Waals surface area contributed by atoms with E-state index < -0.39 is 0 Å². The molecule has 0 fully saturated rings. The summed E-state index contributed by atoms with van der Waals surface area (Å²) in [5, 5.41) is 8.08. The highest BCUT2D eigenvalue weighted by Gasteiger charge is 2.22. The molecule has 4 heteroatoms. The smallest absolute Gasteiger partial charge is 0.0540 e. The lowest BCUT2D eigenvalue weighted by Gasteiger charge is -2.24. The van der Waals surface area contributed by atoms with E-state index in [2.05, 4.69) is 41.6 Å². The number of hydrogen-bond acceptors (Lipinski definition) is 2. The Bertz CT molecular complexity index is 577. The average Bonchev–Trinajstić information content (AvgIpc) is 2.79. The number of nitrogens with one attached hydrogen (secondary N) is 1. The summed E-state index contributed by atoms with van der Waals surface area (Å²) in [5.74, 6) is 0. The van der Waals surface area contributed by atoms with Crippen LogP contribution in [-0.4, -0.2) is 9.78 Å². The Balaban J connectivity index is 0.00000147. The van der Waals surface area contributed by atoms with E-state index in [9.17, 15) is 0 Å². The van der Waals surface area contributed by atoms with Crippen molar-refractivity contribution in [1.82, 2.24) is 15.1 Å². The van der Waals surface area contributed by atoms with E-state index in [0.29, 0.717) is 6.04 Å². The Morgan fingerprint density at radius 3 is 3.05 bits per heavy atom. The molecule has 0 radical (unpaired) electrons. The summed E-state index contributed by atoms with van der Waals surface area (Å²) < 4.78 is 2.02. The molecule has 0 spiro atoms. The Morgan fingerprint density at radius 1 is 1.40 bits per heavy atom. The lowest BCUT2D eigenvalue weighted by atomic mass is 9.93. The first-order chi connectivity index (χ1) is 9.24. The lowest BCUT2D eigenvalue weighted by Crippen LogP contribution is -2.24. The van der Waals surface area contributed by atoms with Crippen LogP contribution < -0.4 is 5.32 Å². The average molecular weight is 292 g/mol.